The van der Waals surface area contributed by atoms with Gasteiger partial charge in [-0.05, 0) is 43.5 Å². The van der Waals surface area contributed by atoms with Gasteiger partial charge in [0.2, 0.25) is 10.0 Å². The van der Waals surface area contributed by atoms with Gasteiger partial charge in [0.1, 0.15) is 5.75 Å². The third-order valence-corrected chi connectivity index (χ3v) is 4.23. The van der Waals surface area contributed by atoms with Crippen LogP contribution in [0.25, 0.3) is 0 Å². The number of sulfonamides is 1. The minimum absolute atomic E-state index is 0.0493. The number of rotatable bonds is 6. The summed E-state index contributed by atoms with van der Waals surface area (Å²) >= 11 is 0. The van der Waals surface area contributed by atoms with E-state index in [-0.39, 0.29) is 10.9 Å². The monoisotopic (exact) mass is 285 g/mol. The van der Waals surface area contributed by atoms with Crippen LogP contribution in [0.2, 0.25) is 0 Å². The van der Waals surface area contributed by atoms with Crippen LogP contribution in [0.5, 0.6) is 5.75 Å². The molecule has 2 N–H and O–H groups in total. The zero-order chi connectivity index (χ0) is 14.0. The minimum Gasteiger partial charge on any atom is -0.482 e. The molecule has 1 fully saturated rings. The van der Waals surface area contributed by atoms with Gasteiger partial charge < -0.3 is 9.84 Å². The Bertz CT molecular complexity index is 592. The summed E-state index contributed by atoms with van der Waals surface area (Å²) in [6, 6.07) is 4.41. The quantitative estimate of drug-likeness (QED) is 0.810. The molecule has 0 unspecified atom stereocenters. The van der Waals surface area contributed by atoms with Crippen molar-refractivity contribution in [2.75, 3.05) is 6.61 Å². The van der Waals surface area contributed by atoms with Crippen molar-refractivity contribution in [2.45, 2.75) is 30.7 Å². The van der Waals surface area contributed by atoms with Crippen molar-refractivity contribution in [3.63, 3.8) is 0 Å². The molecule has 104 valence electrons. The number of hydrogen-bond acceptors (Lipinski definition) is 4. The number of carbonyl (C=O) groups is 1. The highest BCUT2D eigenvalue weighted by Crippen LogP contribution is 2.25. The topological polar surface area (TPSA) is 92.7 Å². The fourth-order valence-electron chi connectivity index (χ4n) is 1.58. The number of hydrogen-bond donors (Lipinski definition) is 2. The lowest BCUT2D eigenvalue weighted by molar-refractivity contribution is -0.139. The van der Waals surface area contributed by atoms with E-state index in [4.69, 9.17) is 9.84 Å². The Morgan fingerprint density at radius 3 is 2.68 bits per heavy atom. The maximum atomic E-state index is 12.0. The SMILES string of the molecule is Cc1cc(S(=O)(=O)NC2CC2)ccc1OCC(=O)O. The van der Waals surface area contributed by atoms with Gasteiger partial charge in [0.05, 0.1) is 4.90 Å². The van der Waals surface area contributed by atoms with E-state index in [2.05, 4.69) is 4.72 Å². The molecule has 1 saturated carbocycles. The van der Waals surface area contributed by atoms with Gasteiger partial charge in [-0.1, -0.05) is 0 Å². The molecule has 6 nitrogen and oxygen atoms in total. The second-order valence-corrected chi connectivity index (χ2v) is 6.22. The molecule has 0 aliphatic heterocycles. The number of nitrogens with one attached hydrogen (secondary N) is 1. The Kier molecular flexibility index (Phi) is 3.77. The highest BCUT2D eigenvalue weighted by molar-refractivity contribution is 7.89. The van der Waals surface area contributed by atoms with Gasteiger partial charge in [-0.2, -0.15) is 0 Å². The molecular weight excluding hydrogens is 270 g/mol. The molecular formula is C12H15NO5S. The molecule has 1 aromatic carbocycles. The lowest BCUT2D eigenvalue weighted by atomic mass is 10.2. The van der Waals surface area contributed by atoms with Crippen LogP contribution in [0, 0.1) is 6.92 Å². The van der Waals surface area contributed by atoms with E-state index in [0.29, 0.717) is 11.3 Å². The fraction of sp³-hybridized carbons (Fsp3) is 0.417. The Hall–Kier alpha value is -1.60. The number of benzene rings is 1. The van der Waals surface area contributed by atoms with E-state index in [1.165, 1.54) is 18.2 Å². The first-order valence-electron chi connectivity index (χ1n) is 5.86. The largest absolute Gasteiger partial charge is 0.482 e. The summed E-state index contributed by atoms with van der Waals surface area (Å²) in [6.45, 7) is 1.22. The van der Waals surface area contributed by atoms with Gasteiger partial charge in [-0.15, -0.1) is 0 Å². The Balaban J connectivity index is 2.15. The van der Waals surface area contributed by atoms with Gasteiger partial charge >= 0.3 is 5.97 Å². The van der Waals surface area contributed by atoms with Gasteiger partial charge in [0, 0.05) is 6.04 Å². The molecule has 0 aromatic heterocycles. The molecule has 0 atom stereocenters. The minimum atomic E-state index is -3.49. The summed E-state index contributed by atoms with van der Waals surface area (Å²) in [5.41, 5.74) is 0.583. The lowest BCUT2D eigenvalue weighted by Gasteiger charge is -2.10. The van der Waals surface area contributed by atoms with Crippen molar-refractivity contribution in [2.24, 2.45) is 0 Å². The van der Waals surface area contributed by atoms with Crippen LogP contribution in [-0.2, 0) is 14.8 Å². The molecule has 0 heterocycles. The molecule has 19 heavy (non-hydrogen) atoms. The fourth-order valence-corrected chi connectivity index (χ4v) is 2.97. The predicted octanol–water partition coefficient (Wildman–Crippen LogP) is 0.899. The van der Waals surface area contributed by atoms with Gasteiger partial charge in [0.25, 0.3) is 0 Å². The number of aryl methyl sites for hydroxylation is 1. The molecule has 1 aromatic rings. The molecule has 0 bridgehead atoms. The summed E-state index contributed by atoms with van der Waals surface area (Å²) in [5.74, 6) is -0.709. The summed E-state index contributed by atoms with van der Waals surface area (Å²) in [6.07, 6.45) is 1.75. The average molecular weight is 285 g/mol. The Morgan fingerprint density at radius 1 is 1.47 bits per heavy atom. The molecule has 2 rings (SSSR count). The summed E-state index contributed by atoms with van der Waals surface area (Å²) in [4.78, 5) is 10.6. The first kappa shape index (κ1) is 13.8. The Labute approximate surface area is 111 Å². The van der Waals surface area contributed by atoms with Gasteiger partial charge in [0.15, 0.2) is 6.61 Å². The highest BCUT2D eigenvalue weighted by Gasteiger charge is 2.28. The first-order valence-corrected chi connectivity index (χ1v) is 7.34. The lowest BCUT2D eigenvalue weighted by Crippen LogP contribution is -2.25. The molecule has 0 radical (unpaired) electrons. The van der Waals surface area contributed by atoms with E-state index in [1.54, 1.807) is 6.92 Å². The van der Waals surface area contributed by atoms with Gasteiger partial charge in [-0.3, -0.25) is 0 Å². The van der Waals surface area contributed by atoms with Crippen molar-refractivity contribution < 1.29 is 23.1 Å². The smallest absolute Gasteiger partial charge is 0.341 e. The van der Waals surface area contributed by atoms with Crippen molar-refractivity contribution in [1.82, 2.24) is 4.72 Å². The van der Waals surface area contributed by atoms with Crippen molar-refractivity contribution in [3.05, 3.63) is 23.8 Å². The van der Waals surface area contributed by atoms with Crippen LogP contribution in [0.15, 0.2) is 23.1 Å². The Morgan fingerprint density at radius 2 is 2.16 bits per heavy atom. The maximum absolute atomic E-state index is 12.0. The second-order valence-electron chi connectivity index (χ2n) is 4.51. The van der Waals surface area contributed by atoms with E-state index >= 15 is 0 Å². The van der Waals surface area contributed by atoms with E-state index < -0.39 is 22.6 Å². The summed E-state index contributed by atoms with van der Waals surface area (Å²) in [7, 11) is -3.49. The third-order valence-electron chi connectivity index (χ3n) is 2.71. The highest BCUT2D eigenvalue weighted by atomic mass is 32.2. The van der Waals surface area contributed by atoms with Crippen molar-refractivity contribution in [3.8, 4) is 5.75 Å². The first-order chi connectivity index (χ1) is 8.88. The van der Waals surface area contributed by atoms with Crippen LogP contribution >= 0.6 is 0 Å². The molecule has 1 aliphatic carbocycles. The van der Waals surface area contributed by atoms with E-state index in [1.807, 2.05) is 0 Å². The zero-order valence-electron chi connectivity index (χ0n) is 10.4. The van der Waals surface area contributed by atoms with Crippen LogP contribution in [0.4, 0.5) is 0 Å². The van der Waals surface area contributed by atoms with Gasteiger partial charge in [-0.25, -0.2) is 17.9 Å². The normalized spacial score (nSPS) is 15.2. The molecule has 0 saturated heterocycles. The van der Waals surface area contributed by atoms with Crippen molar-refractivity contribution >= 4 is 16.0 Å². The van der Waals surface area contributed by atoms with E-state index in [0.717, 1.165) is 12.8 Å². The zero-order valence-corrected chi connectivity index (χ0v) is 11.2. The van der Waals surface area contributed by atoms with Crippen LogP contribution in [0.3, 0.4) is 0 Å². The predicted molar refractivity (Wildman–Crippen MR) is 67.7 cm³/mol. The summed E-state index contributed by atoms with van der Waals surface area (Å²) in [5, 5.41) is 8.52. The van der Waals surface area contributed by atoms with Crippen LogP contribution in [0.1, 0.15) is 18.4 Å². The molecule has 7 heteroatoms. The van der Waals surface area contributed by atoms with Crippen LogP contribution in [-0.4, -0.2) is 32.1 Å². The standard InChI is InChI=1S/C12H15NO5S/c1-8-6-10(19(16,17)13-9-2-3-9)4-5-11(8)18-7-12(14)15/h4-6,9,13H,2-3,7H2,1H3,(H,14,15). The van der Waals surface area contributed by atoms with Crippen LogP contribution < -0.4 is 9.46 Å². The maximum Gasteiger partial charge on any atom is 0.341 e. The summed E-state index contributed by atoms with van der Waals surface area (Å²) < 4.78 is 31.6. The number of carboxylic acid groups (broad SMARTS) is 1. The number of aliphatic carboxylic acids is 1. The average Bonchev–Trinajstić information content (AvgIpc) is 3.10. The second kappa shape index (κ2) is 5.18. The molecule has 0 amide bonds. The number of ether oxygens (including phenoxy) is 1. The number of carboxylic acids is 1. The van der Waals surface area contributed by atoms with Crippen molar-refractivity contribution in [1.29, 1.82) is 0 Å². The molecule has 0 spiro atoms. The third kappa shape index (κ3) is 3.68. The van der Waals surface area contributed by atoms with E-state index in [9.17, 15) is 13.2 Å². The molecule has 1 aliphatic rings.